The van der Waals surface area contributed by atoms with E-state index in [1.807, 2.05) is 20.0 Å². The zero-order chi connectivity index (χ0) is 12.4. The highest BCUT2D eigenvalue weighted by atomic mass is 32.2. The maximum Gasteiger partial charge on any atom is 0.338 e. The molecular formula is C11H12N2O3S. The molecule has 1 N–H and O–H groups in total. The first-order chi connectivity index (χ1) is 8.06. The van der Waals surface area contributed by atoms with E-state index < -0.39 is 5.97 Å². The minimum Gasteiger partial charge on any atom is -0.478 e. The number of furan rings is 1. The van der Waals surface area contributed by atoms with Crippen LogP contribution in [-0.2, 0) is 12.8 Å². The zero-order valence-corrected chi connectivity index (χ0v) is 10.3. The summed E-state index contributed by atoms with van der Waals surface area (Å²) in [7, 11) is 1.88. The third-order valence-electron chi connectivity index (χ3n) is 2.22. The van der Waals surface area contributed by atoms with Crippen LogP contribution in [0.5, 0.6) is 0 Å². The highest BCUT2D eigenvalue weighted by Gasteiger charge is 2.09. The summed E-state index contributed by atoms with van der Waals surface area (Å²) < 4.78 is 6.96. The maximum absolute atomic E-state index is 10.7. The number of hydrogen-bond donors (Lipinski definition) is 1. The van der Waals surface area contributed by atoms with Crippen molar-refractivity contribution >= 4 is 17.7 Å². The Morgan fingerprint density at radius 2 is 2.35 bits per heavy atom. The summed E-state index contributed by atoms with van der Waals surface area (Å²) in [6, 6.07) is 3.52. The molecule has 0 saturated heterocycles. The Balaban J connectivity index is 2.02. The van der Waals surface area contributed by atoms with Gasteiger partial charge >= 0.3 is 5.97 Å². The maximum atomic E-state index is 10.7. The number of aryl methyl sites for hydroxylation is 2. The normalized spacial score (nSPS) is 10.7. The number of carboxylic acid groups (broad SMARTS) is 1. The van der Waals surface area contributed by atoms with Crippen molar-refractivity contribution in [1.29, 1.82) is 0 Å². The van der Waals surface area contributed by atoms with Crippen molar-refractivity contribution in [2.24, 2.45) is 7.05 Å². The van der Waals surface area contributed by atoms with Gasteiger partial charge in [0.25, 0.3) is 0 Å². The Kier molecular flexibility index (Phi) is 3.23. The predicted octanol–water partition coefficient (Wildman–Crippen LogP) is 2.31. The lowest BCUT2D eigenvalue weighted by molar-refractivity contribution is 0.0696. The van der Waals surface area contributed by atoms with Gasteiger partial charge in [-0.2, -0.15) is 5.10 Å². The summed E-state index contributed by atoms with van der Waals surface area (Å²) in [6.45, 7) is 1.93. The van der Waals surface area contributed by atoms with E-state index in [4.69, 9.17) is 9.52 Å². The standard InChI is InChI=1S/C11H12N2O3S/c1-7-3-10(13(2)12-7)17-6-9-4-8(5-16-9)11(14)15/h3-5H,6H2,1-2H3,(H,14,15). The second kappa shape index (κ2) is 4.67. The Bertz CT molecular complexity index is 545. The Hall–Kier alpha value is -1.69. The molecule has 0 aliphatic carbocycles. The van der Waals surface area contributed by atoms with Crippen molar-refractivity contribution in [3.8, 4) is 0 Å². The van der Waals surface area contributed by atoms with Crippen molar-refractivity contribution in [2.75, 3.05) is 0 Å². The monoisotopic (exact) mass is 252 g/mol. The molecule has 0 radical (unpaired) electrons. The topological polar surface area (TPSA) is 68.3 Å². The fourth-order valence-corrected chi connectivity index (χ4v) is 2.36. The average molecular weight is 252 g/mol. The quantitative estimate of drug-likeness (QED) is 0.846. The van der Waals surface area contributed by atoms with E-state index >= 15 is 0 Å². The molecule has 0 saturated carbocycles. The second-order valence-electron chi connectivity index (χ2n) is 3.64. The Morgan fingerprint density at radius 1 is 1.59 bits per heavy atom. The van der Waals surface area contributed by atoms with Gasteiger partial charge in [-0.25, -0.2) is 4.79 Å². The van der Waals surface area contributed by atoms with Gasteiger partial charge in [-0.3, -0.25) is 4.68 Å². The zero-order valence-electron chi connectivity index (χ0n) is 9.51. The number of nitrogens with zero attached hydrogens (tertiary/aromatic N) is 2. The Morgan fingerprint density at radius 3 is 2.88 bits per heavy atom. The minimum absolute atomic E-state index is 0.182. The van der Waals surface area contributed by atoms with Crippen LogP contribution in [0.25, 0.3) is 0 Å². The summed E-state index contributed by atoms with van der Waals surface area (Å²) in [4.78, 5) is 10.7. The van der Waals surface area contributed by atoms with Crippen LogP contribution in [0, 0.1) is 6.92 Å². The number of hydrogen-bond acceptors (Lipinski definition) is 4. The number of carbonyl (C=O) groups is 1. The van der Waals surface area contributed by atoms with Crippen LogP contribution in [0.4, 0.5) is 0 Å². The average Bonchev–Trinajstić information content (AvgIpc) is 2.82. The van der Waals surface area contributed by atoms with Crippen molar-refractivity contribution in [3.05, 3.63) is 35.4 Å². The van der Waals surface area contributed by atoms with E-state index in [9.17, 15) is 4.79 Å². The molecule has 0 unspecified atom stereocenters. The number of aromatic nitrogens is 2. The van der Waals surface area contributed by atoms with Crippen LogP contribution < -0.4 is 0 Å². The second-order valence-corrected chi connectivity index (χ2v) is 4.64. The molecule has 2 heterocycles. The van der Waals surface area contributed by atoms with E-state index in [1.54, 1.807) is 22.5 Å². The van der Waals surface area contributed by atoms with Crippen LogP contribution in [0.2, 0.25) is 0 Å². The molecule has 2 aromatic heterocycles. The van der Waals surface area contributed by atoms with Crippen LogP contribution in [0.15, 0.2) is 27.8 Å². The number of aromatic carboxylic acids is 1. The largest absolute Gasteiger partial charge is 0.478 e. The molecule has 2 rings (SSSR count). The summed E-state index contributed by atoms with van der Waals surface area (Å²) in [5, 5.41) is 14.0. The van der Waals surface area contributed by atoms with Gasteiger partial charge in [0.1, 0.15) is 12.0 Å². The van der Waals surface area contributed by atoms with Gasteiger partial charge in [0.2, 0.25) is 0 Å². The van der Waals surface area contributed by atoms with E-state index in [0.29, 0.717) is 11.5 Å². The molecule has 5 nitrogen and oxygen atoms in total. The number of rotatable bonds is 4. The van der Waals surface area contributed by atoms with Gasteiger partial charge in [-0.1, -0.05) is 11.8 Å². The molecule has 0 atom stereocenters. The highest BCUT2D eigenvalue weighted by molar-refractivity contribution is 7.98. The molecule has 0 aromatic carbocycles. The van der Waals surface area contributed by atoms with Crippen molar-refractivity contribution in [3.63, 3.8) is 0 Å². The fraction of sp³-hybridized carbons (Fsp3) is 0.273. The number of thioether (sulfide) groups is 1. The van der Waals surface area contributed by atoms with Crippen molar-refractivity contribution in [1.82, 2.24) is 9.78 Å². The molecule has 2 aromatic rings. The van der Waals surface area contributed by atoms with Crippen LogP contribution in [-0.4, -0.2) is 20.9 Å². The van der Waals surface area contributed by atoms with Gasteiger partial charge in [0, 0.05) is 7.05 Å². The van der Waals surface area contributed by atoms with Crippen molar-refractivity contribution < 1.29 is 14.3 Å². The van der Waals surface area contributed by atoms with Gasteiger partial charge in [-0.05, 0) is 19.1 Å². The first-order valence-electron chi connectivity index (χ1n) is 5.00. The first kappa shape index (κ1) is 11.8. The van der Waals surface area contributed by atoms with Crippen molar-refractivity contribution in [2.45, 2.75) is 17.7 Å². The van der Waals surface area contributed by atoms with Crippen LogP contribution >= 0.6 is 11.8 Å². The summed E-state index contributed by atoms with van der Waals surface area (Å²) in [5.41, 5.74) is 1.14. The van der Waals surface area contributed by atoms with Crippen LogP contribution in [0.1, 0.15) is 21.8 Å². The first-order valence-corrected chi connectivity index (χ1v) is 5.99. The van der Waals surface area contributed by atoms with E-state index in [2.05, 4.69) is 5.10 Å². The lowest BCUT2D eigenvalue weighted by Gasteiger charge is -1.98. The molecule has 0 aliphatic rings. The van der Waals surface area contributed by atoms with E-state index in [0.717, 1.165) is 10.7 Å². The Labute approximate surface area is 102 Å². The molecule has 0 bridgehead atoms. The van der Waals surface area contributed by atoms with Gasteiger partial charge in [0.05, 0.1) is 22.0 Å². The lowest BCUT2D eigenvalue weighted by Crippen LogP contribution is -1.93. The minimum atomic E-state index is -0.971. The van der Waals surface area contributed by atoms with Gasteiger partial charge in [0.15, 0.2) is 0 Å². The SMILES string of the molecule is Cc1cc(SCc2cc(C(=O)O)co2)n(C)n1. The van der Waals surface area contributed by atoms with E-state index in [1.165, 1.54) is 6.26 Å². The lowest BCUT2D eigenvalue weighted by atomic mass is 10.3. The predicted molar refractivity (Wildman–Crippen MR) is 63.2 cm³/mol. The third-order valence-corrected chi connectivity index (χ3v) is 3.33. The molecule has 0 spiro atoms. The van der Waals surface area contributed by atoms with Gasteiger partial charge in [-0.15, -0.1) is 0 Å². The molecule has 17 heavy (non-hydrogen) atoms. The number of carboxylic acids is 1. The molecular weight excluding hydrogens is 240 g/mol. The molecule has 6 heteroatoms. The summed E-state index contributed by atoms with van der Waals surface area (Å²) in [5.74, 6) is 0.263. The fourth-order valence-electron chi connectivity index (χ4n) is 1.44. The summed E-state index contributed by atoms with van der Waals surface area (Å²) in [6.07, 6.45) is 1.26. The third kappa shape index (κ3) is 2.71. The van der Waals surface area contributed by atoms with Crippen LogP contribution in [0.3, 0.4) is 0 Å². The summed E-state index contributed by atoms with van der Waals surface area (Å²) >= 11 is 1.56. The van der Waals surface area contributed by atoms with E-state index in [-0.39, 0.29) is 5.56 Å². The molecule has 0 aliphatic heterocycles. The molecule has 0 fully saturated rings. The molecule has 90 valence electrons. The smallest absolute Gasteiger partial charge is 0.338 e. The molecule has 0 amide bonds. The highest BCUT2D eigenvalue weighted by Crippen LogP contribution is 2.23. The van der Waals surface area contributed by atoms with Gasteiger partial charge < -0.3 is 9.52 Å².